The minimum atomic E-state index is -0.691. The SMILES string of the molecule is CC(Oc1ccc(Cl)cc1Cl)C(=O)NCc1cccc(OCCN(C)C)c1. The molecule has 0 saturated heterocycles. The summed E-state index contributed by atoms with van der Waals surface area (Å²) in [7, 11) is 3.99. The molecule has 1 amide bonds. The van der Waals surface area contributed by atoms with Gasteiger partial charge in [-0.05, 0) is 56.9 Å². The van der Waals surface area contributed by atoms with E-state index in [1.54, 1.807) is 25.1 Å². The number of benzene rings is 2. The molecular weight excluding hydrogens is 387 g/mol. The largest absolute Gasteiger partial charge is 0.492 e. The van der Waals surface area contributed by atoms with Gasteiger partial charge >= 0.3 is 0 Å². The lowest BCUT2D eigenvalue weighted by Gasteiger charge is -2.16. The smallest absolute Gasteiger partial charge is 0.261 e. The third-order valence-corrected chi connectivity index (χ3v) is 4.27. The molecule has 0 radical (unpaired) electrons. The van der Waals surface area contributed by atoms with Gasteiger partial charge in [-0.1, -0.05) is 35.3 Å². The standard InChI is InChI=1S/C20H24Cl2N2O3/c1-14(27-19-8-7-16(21)12-18(19)22)20(25)23-13-15-5-4-6-17(11-15)26-10-9-24(2)3/h4-8,11-12,14H,9-10,13H2,1-3H3,(H,23,25). The first kappa shape index (κ1) is 21.4. The van der Waals surface area contributed by atoms with Crippen LogP contribution in [0.5, 0.6) is 11.5 Å². The zero-order valence-corrected chi connectivity index (χ0v) is 17.2. The molecule has 0 aliphatic rings. The Kier molecular flexibility index (Phi) is 8.23. The van der Waals surface area contributed by atoms with E-state index in [9.17, 15) is 4.79 Å². The third-order valence-electron chi connectivity index (χ3n) is 3.74. The fraction of sp³-hybridized carbons (Fsp3) is 0.350. The van der Waals surface area contributed by atoms with Crippen molar-refractivity contribution in [3.63, 3.8) is 0 Å². The minimum absolute atomic E-state index is 0.236. The Morgan fingerprint density at radius 1 is 1.19 bits per heavy atom. The number of amides is 1. The fourth-order valence-corrected chi connectivity index (χ4v) is 2.69. The van der Waals surface area contributed by atoms with Gasteiger partial charge in [0.1, 0.15) is 18.1 Å². The molecule has 1 atom stereocenters. The van der Waals surface area contributed by atoms with Crippen molar-refractivity contribution in [1.29, 1.82) is 0 Å². The van der Waals surface area contributed by atoms with E-state index in [1.807, 2.05) is 38.4 Å². The second-order valence-electron chi connectivity index (χ2n) is 6.35. The van der Waals surface area contributed by atoms with Gasteiger partial charge < -0.3 is 19.7 Å². The van der Waals surface area contributed by atoms with E-state index in [1.165, 1.54) is 0 Å². The first-order valence-electron chi connectivity index (χ1n) is 8.61. The number of hydrogen-bond donors (Lipinski definition) is 1. The number of nitrogens with one attached hydrogen (secondary N) is 1. The summed E-state index contributed by atoms with van der Waals surface area (Å²) < 4.78 is 11.3. The lowest BCUT2D eigenvalue weighted by molar-refractivity contribution is -0.127. The van der Waals surface area contributed by atoms with Crippen LogP contribution in [0.15, 0.2) is 42.5 Å². The first-order valence-corrected chi connectivity index (χ1v) is 9.36. The van der Waals surface area contributed by atoms with E-state index in [0.29, 0.717) is 28.9 Å². The van der Waals surface area contributed by atoms with Gasteiger partial charge in [0.2, 0.25) is 0 Å². The van der Waals surface area contributed by atoms with Crippen LogP contribution in [0.2, 0.25) is 10.0 Å². The molecule has 1 unspecified atom stereocenters. The van der Waals surface area contributed by atoms with Crippen molar-refractivity contribution in [3.8, 4) is 11.5 Å². The van der Waals surface area contributed by atoms with Gasteiger partial charge in [0.05, 0.1) is 5.02 Å². The topological polar surface area (TPSA) is 50.8 Å². The van der Waals surface area contributed by atoms with Crippen molar-refractivity contribution in [2.75, 3.05) is 27.2 Å². The number of halogens is 2. The molecule has 7 heteroatoms. The third kappa shape index (κ3) is 7.29. The molecule has 146 valence electrons. The lowest BCUT2D eigenvalue weighted by Crippen LogP contribution is -2.35. The van der Waals surface area contributed by atoms with Crippen LogP contribution in [0, 0.1) is 0 Å². The van der Waals surface area contributed by atoms with Gasteiger partial charge in [-0.3, -0.25) is 4.79 Å². The van der Waals surface area contributed by atoms with E-state index in [2.05, 4.69) is 10.2 Å². The molecule has 0 fully saturated rings. The zero-order chi connectivity index (χ0) is 19.8. The Hall–Kier alpha value is -1.95. The fourth-order valence-electron chi connectivity index (χ4n) is 2.24. The molecule has 0 aliphatic carbocycles. The Morgan fingerprint density at radius 2 is 1.96 bits per heavy atom. The summed E-state index contributed by atoms with van der Waals surface area (Å²) in [6, 6.07) is 12.5. The van der Waals surface area contributed by atoms with E-state index < -0.39 is 6.10 Å². The molecule has 1 N–H and O–H groups in total. The molecule has 0 aliphatic heterocycles. The highest BCUT2D eigenvalue weighted by Crippen LogP contribution is 2.28. The summed E-state index contributed by atoms with van der Waals surface area (Å²) in [5, 5.41) is 3.73. The molecular formula is C20H24Cl2N2O3. The van der Waals surface area contributed by atoms with Crippen LogP contribution in [0.25, 0.3) is 0 Å². The maximum absolute atomic E-state index is 12.3. The Labute approximate surface area is 170 Å². The van der Waals surface area contributed by atoms with Crippen LogP contribution < -0.4 is 14.8 Å². The number of ether oxygens (including phenoxy) is 2. The van der Waals surface area contributed by atoms with Crippen LogP contribution in [0.1, 0.15) is 12.5 Å². The van der Waals surface area contributed by atoms with E-state index >= 15 is 0 Å². The maximum Gasteiger partial charge on any atom is 0.261 e. The predicted molar refractivity (Wildman–Crippen MR) is 109 cm³/mol. The highest BCUT2D eigenvalue weighted by Gasteiger charge is 2.16. The number of rotatable bonds is 9. The van der Waals surface area contributed by atoms with Crippen LogP contribution >= 0.6 is 23.2 Å². The number of hydrogen-bond acceptors (Lipinski definition) is 4. The van der Waals surface area contributed by atoms with Gasteiger partial charge in [0.25, 0.3) is 5.91 Å². The average Bonchev–Trinajstić information content (AvgIpc) is 2.62. The van der Waals surface area contributed by atoms with Crippen molar-refractivity contribution in [3.05, 3.63) is 58.1 Å². The van der Waals surface area contributed by atoms with E-state index in [4.69, 9.17) is 32.7 Å². The summed E-state index contributed by atoms with van der Waals surface area (Å²) in [5.41, 5.74) is 0.947. The summed E-state index contributed by atoms with van der Waals surface area (Å²) >= 11 is 11.9. The Morgan fingerprint density at radius 3 is 2.67 bits per heavy atom. The lowest BCUT2D eigenvalue weighted by atomic mass is 10.2. The molecule has 5 nitrogen and oxygen atoms in total. The molecule has 2 aromatic carbocycles. The summed E-state index contributed by atoms with van der Waals surface area (Å²) in [5.74, 6) is 0.959. The van der Waals surface area contributed by atoms with Crippen molar-refractivity contribution in [2.45, 2.75) is 19.6 Å². The number of likely N-dealkylation sites (N-methyl/N-ethyl adjacent to an activating group) is 1. The quantitative estimate of drug-likeness (QED) is 0.677. The number of nitrogens with zero attached hydrogens (tertiary/aromatic N) is 1. The van der Waals surface area contributed by atoms with Crippen molar-refractivity contribution in [2.24, 2.45) is 0 Å². The molecule has 0 heterocycles. The van der Waals surface area contributed by atoms with Crippen molar-refractivity contribution < 1.29 is 14.3 Å². The predicted octanol–water partition coefficient (Wildman–Crippen LogP) is 4.02. The maximum atomic E-state index is 12.3. The van der Waals surface area contributed by atoms with Gasteiger partial charge in [-0.15, -0.1) is 0 Å². The van der Waals surface area contributed by atoms with Gasteiger partial charge in [-0.25, -0.2) is 0 Å². The van der Waals surface area contributed by atoms with E-state index in [0.717, 1.165) is 17.9 Å². The number of carbonyl (C=O) groups is 1. The highest BCUT2D eigenvalue weighted by atomic mass is 35.5. The molecule has 27 heavy (non-hydrogen) atoms. The summed E-state index contributed by atoms with van der Waals surface area (Å²) in [6.07, 6.45) is -0.691. The van der Waals surface area contributed by atoms with Gasteiger partial charge in [0.15, 0.2) is 6.10 Å². The molecule has 0 spiro atoms. The van der Waals surface area contributed by atoms with Gasteiger partial charge in [-0.2, -0.15) is 0 Å². The van der Waals surface area contributed by atoms with Crippen LogP contribution in [0.4, 0.5) is 0 Å². The Bertz CT molecular complexity index is 769. The second kappa shape index (κ2) is 10.4. The molecule has 0 bridgehead atoms. The minimum Gasteiger partial charge on any atom is -0.492 e. The number of carbonyl (C=O) groups excluding carboxylic acids is 1. The van der Waals surface area contributed by atoms with Crippen LogP contribution in [-0.2, 0) is 11.3 Å². The van der Waals surface area contributed by atoms with Gasteiger partial charge in [0, 0.05) is 18.1 Å². The summed E-state index contributed by atoms with van der Waals surface area (Å²) in [4.78, 5) is 14.3. The average molecular weight is 411 g/mol. The zero-order valence-electron chi connectivity index (χ0n) is 15.7. The second-order valence-corrected chi connectivity index (χ2v) is 7.20. The van der Waals surface area contributed by atoms with Crippen molar-refractivity contribution in [1.82, 2.24) is 10.2 Å². The van der Waals surface area contributed by atoms with Crippen LogP contribution in [-0.4, -0.2) is 44.2 Å². The Balaban J connectivity index is 1.85. The molecule has 0 aromatic heterocycles. The first-order chi connectivity index (χ1) is 12.8. The van der Waals surface area contributed by atoms with Crippen molar-refractivity contribution >= 4 is 29.1 Å². The van der Waals surface area contributed by atoms with Crippen LogP contribution in [0.3, 0.4) is 0 Å². The molecule has 0 saturated carbocycles. The molecule has 2 rings (SSSR count). The summed E-state index contributed by atoms with van der Waals surface area (Å²) in [6.45, 7) is 3.49. The monoisotopic (exact) mass is 410 g/mol. The highest BCUT2D eigenvalue weighted by molar-refractivity contribution is 6.35. The normalized spacial score (nSPS) is 11.9. The van der Waals surface area contributed by atoms with E-state index in [-0.39, 0.29) is 5.91 Å². The molecule has 2 aromatic rings.